The van der Waals surface area contributed by atoms with Gasteiger partial charge in [-0.25, -0.2) is 13.8 Å². The zero-order valence-electron chi connectivity index (χ0n) is 14.2. The summed E-state index contributed by atoms with van der Waals surface area (Å²) in [4.78, 5) is 21.6. The van der Waals surface area contributed by atoms with E-state index in [0.29, 0.717) is 24.5 Å². The summed E-state index contributed by atoms with van der Waals surface area (Å²) in [6.07, 6.45) is 0.523. The van der Waals surface area contributed by atoms with Gasteiger partial charge in [0.05, 0.1) is 11.1 Å². The monoisotopic (exact) mass is 422 g/mol. The van der Waals surface area contributed by atoms with Crippen LogP contribution in [-0.2, 0) is 6.42 Å². The van der Waals surface area contributed by atoms with Gasteiger partial charge in [0, 0.05) is 23.1 Å². The van der Waals surface area contributed by atoms with Gasteiger partial charge in [0.25, 0.3) is 5.91 Å². The summed E-state index contributed by atoms with van der Waals surface area (Å²) in [7, 11) is 3.81. The number of halogens is 3. The number of fused-ring (bicyclic) bond motifs is 1. The molecule has 0 unspecified atom stereocenters. The lowest BCUT2D eigenvalue weighted by Crippen LogP contribution is -2.15. The van der Waals surface area contributed by atoms with Crippen molar-refractivity contribution in [1.29, 1.82) is 0 Å². The van der Waals surface area contributed by atoms with Gasteiger partial charge in [-0.2, -0.15) is 0 Å². The molecule has 1 aromatic heterocycles. The van der Waals surface area contributed by atoms with Crippen LogP contribution >= 0.6 is 15.9 Å². The number of hydrogen-bond acceptors (Lipinski definition) is 3. The third kappa shape index (κ3) is 3.91. The van der Waals surface area contributed by atoms with Crippen LogP contribution in [0.3, 0.4) is 0 Å². The summed E-state index contributed by atoms with van der Waals surface area (Å²) in [5.74, 6) is -2.22. The number of aromatic amines is 1. The molecular formula is C18H17BrF2N4O. The highest BCUT2D eigenvalue weighted by atomic mass is 79.9. The summed E-state index contributed by atoms with van der Waals surface area (Å²) in [6.45, 7) is 0.684. The Labute approximate surface area is 157 Å². The minimum absolute atomic E-state index is 0.00229. The molecule has 0 saturated heterocycles. The molecule has 2 N–H and O–H groups in total. The van der Waals surface area contributed by atoms with E-state index in [1.165, 1.54) is 0 Å². The van der Waals surface area contributed by atoms with Crippen LogP contribution in [0.4, 0.5) is 14.5 Å². The highest BCUT2D eigenvalue weighted by molar-refractivity contribution is 9.10. The summed E-state index contributed by atoms with van der Waals surface area (Å²) < 4.78 is 28.9. The van der Waals surface area contributed by atoms with E-state index < -0.39 is 17.5 Å². The number of carbonyl (C=O) groups excluding carboxylic acids is 1. The molecule has 0 spiro atoms. The van der Waals surface area contributed by atoms with Crippen LogP contribution in [0.25, 0.3) is 11.0 Å². The molecular weight excluding hydrogens is 406 g/mol. The van der Waals surface area contributed by atoms with E-state index >= 15 is 0 Å². The average Bonchev–Trinajstić information content (AvgIpc) is 3.00. The molecule has 0 fully saturated rings. The Balaban J connectivity index is 1.98. The molecule has 0 atom stereocenters. The molecule has 1 heterocycles. The summed E-state index contributed by atoms with van der Waals surface area (Å²) >= 11 is 3.32. The number of H-pyrrole nitrogens is 1. The highest BCUT2D eigenvalue weighted by Crippen LogP contribution is 2.24. The summed E-state index contributed by atoms with van der Waals surface area (Å²) in [5.41, 5.74) is 0.556. The van der Waals surface area contributed by atoms with Gasteiger partial charge < -0.3 is 15.2 Å². The van der Waals surface area contributed by atoms with Crippen LogP contribution in [0.5, 0.6) is 0 Å². The number of imidazole rings is 1. The molecule has 26 heavy (non-hydrogen) atoms. The number of amides is 1. The van der Waals surface area contributed by atoms with E-state index in [1.807, 2.05) is 25.1 Å². The Bertz CT molecular complexity index is 971. The first-order chi connectivity index (χ1) is 12.3. The number of benzene rings is 2. The topological polar surface area (TPSA) is 61.0 Å². The molecule has 0 aliphatic rings. The highest BCUT2D eigenvalue weighted by Gasteiger charge is 2.21. The molecule has 0 bridgehead atoms. The number of nitrogens with zero attached hydrogens (tertiary/aromatic N) is 2. The Kier molecular flexibility index (Phi) is 5.33. The molecule has 8 heteroatoms. The maximum atomic E-state index is 14.1. The molecule has 136 valence electrons. The number of hydrogen-bond donors (Lipinski definition) is 2. The Morgan fingerprint density at radius 1 is 1.31 bits per heavy atom. The number of rotatable bonds is 5. The second kappa shape index (κ2) is 7.51. The van der Waals surface area contributed by atoms with E-state index in [-0.39, 0.29) is 16.6 Å². The third-order valence-electron chi connectivity index (χ3n) is 3.83. The van der Waals surface area contributed by atoms with E-state index in [1.54, 1.807) is 18.2 Å². The fourth-order valence-electron chi connectivity index (χ4n) is 2.54. The Morgan fingerprint density at radius 2 is 2.08 bits per heavy atom. The van der Waals surface area contributed by atoms with E-state index in [9.17, 15) is 13.6 Å². The molecule has 0 radical (unpaired) electrons. The summed E-state index contributed by atoms with van der Waals surface area (Å²) in [5, 5.41) is 2.68. The van der Waals surface area contributed by atoms with Crippen molar-refractivity contribution in [3.63, 3.8) is 0 Å². The molecule has 2 aromatic carbocycles. The van der Waals surface area contributed by atoms with Crippen molar-refractivity contribution in [2.24, 2.45) is 0 Å². The lowest BCUT2D eigenvalue weighted by Gasteiger charge is -2.07. The quantitative estimate of drug-likeness (QED) is 0.653. The molecule has 3 rings (SSSR count). The average molecular weight is 423 g/mol. The molecule has 1 amide bonds. The molecule has 5 nitrogen and oxygen atoms in total. The van der Waals surface area contributed by atoms with Crippen LogP contribution in [0.15, 0.2) is 34.8 Å². The minimum Gasteiger partial charge on any atom is -0.341 e. The van der Waals surface area contributed by atoms with Crippen molar-refractivity contribution in [3.05, 3.63) is 57.8 Å². The number of anilines is 1. The van der Waals surface area contributed by atoms with Crippen molar-refractivity contribution in [3.8, 4) is 0 Å². The van der Waals surface area contributed by atoms with Crippen LogP contribution < -0.4 is 5.32 Å². The first-order valence-corrected chi connectivity index (χ1v) is 8.72. The van der Waals surface area contributed by atoms with Gasteiger partial charge in [0.1, 0.15) is 11.3 Å². The predicted octanol–water partition coefficient (Wildman–Crippen LogP) is 3.96. The lowest BCUT2D eigenvalue weighted by atomic mass is 10.1. The largest absolute Gasteiger partial charge is 0.341 e. The fourth-order valence-corrected chi connectivity index (χ4v) is 2.94. The first-order valence-electron chi connectivity index (χ1n) is 7.93. The SMILES string of the molecule is CN(C)CCc1nc2c(F)c(F)cc(C(=O)Nc3cccc(Br)c3)c2[nH]1. The van der Waals surface area contributed by atoms with Gasteiger partial charge in [0.2, 0.25) is 0 Å². The van der Waals surface area contributed by atoms with Gasteiger partial charge in [-0.1, -0.05) is 22.0 Å². The maximum Gasteiger partial charge on any atom is 0.257 e. The summed E-state index contributed by atoms with van der Waals surface area (Å²) in [6, 6.07) is 7.88. The van der Waals surface area contributed by atoms with Crippen molar-refractivity contribution < 1.29 is 13.6 Å². The van der Waals surface area contributed by atoms with E-state index in [2.05, 4.69) is 31.2 Å². The number of carbonyl (C=O) groups is 1. The van der Waals surface area contributed by atoms with Crippen LogP contribution in [0.1, 0.15) is 16.2 Å². The lowest BCUT2D eigenvalue weighted by molar-refractivity contribution is 0.102. The third-order valence-corrected chi connectivity index (χ3v) is 4.33. The normalized spacial score (nSPS) is 11.3. The number of nitrogens with one attached hydrogen (secondary N) is 2. The first kappa shape index (κ1) is 18.5. The van der Waals surface area contributed by atoms with Crippen LogP contribution in [0.2, 0.25) is 0 Å². The number of likely N-dealkylation sites (N-methyl/N-ethyl adjacent to an activating group) is 1. The fraction of sp³-hybridized carbons (Fsp3) is 0.222. The van der Waals surface area contributed by atoms with E-state index in [4.69, 9.17) is 0 Å². The second-order valence-corrected chi connectivity index (χ2v) is 7.06. The molecule has 0 saturated carbocycles. The van der Waals surface area contributed by atoms with Crippen LogP contribution in [-0.4, -0.2) is 41.4 Å². The maximum absolute atomic E-state index is 14.1. The predicted molar refractivity (Wildman–Crippen MR) is 100 cm³/mol. The van der Waals surface area contributed by atoms with Crippen molar-refractivity contribution in [1.82, 2.24) is 14.9 Å². The van der Waals surface area contributed by atoms with Gasteiger partial charge in [-0.05, 0) is 38.4 Å². The number of aromatic nitrogens is 2. The van der Waals surface area contributed by atoms with Gasteiger partial charge >= 0.3 is 0 Å². The zero-order chi connectivity index (χ0) is 18.8. The standard InChI is InChI=1S/C18H17BrF2N4O/c1-25(2)7-6-14-23-16-12(9-13(20)15(21)17(16)24-14)18(26)22-11-5-3-4-10(19)8-11/h3-5,8-9H,6-7H2,1-2H3,(H,22,26)(H,23,24). The van der Waals surface area contributed by atoms with Crippen molar-refractivity contribution in [2.45, 2.75) is 6.42 Å². The van der Waals surface area contributed by atoms with Gasteiger partial charge in [-0.3, -0.25) is 4.79 Å². The Hall–Kier alpha value is -2.32. The van der Waals surface area contributed by atoms with Gasteiger partial charge in [0.15, 0.2) is 11.6 Å². The van der Waals surface area contributed by atoms with Crippen molar-refractivity contribution in [2.75, 3.05) is 26.0 Å². The molecule has 0 aliphatic carbocycles. The smallest absolute Gasteiger partial charge is 0.257 e. The zero-order valence-corrected chi connectivity index (χ0v) is 15.8. The van der Waals surface area contributed by atoms with Crippen LogP contribution in [0, 0.1) is 11.6 Å². The van der Waals surface area contributed by atoms with Gasteiger partial charge in [-0.15, -0.1) is 0 Å². The second-order valence-electron chi connectivity index (χ2n) is 6.14. The minimum atomic E-state index is -1.11. The molecule has 0 aliphatic heterocycles. The van der Waals surface area contributed by atoms with E-state index in [0.717, 1.165) is 10.5 Å². The van der Waals surface area contributed by atoms with Crippen molar-refractivity contribution >= 4 is 38.6 Å². The Morgan fingerprint density at radius 3 is 2.77 bits per heavy atom. The molecule has 3 aromatic rings.